The first kappa shape index (κ1) is 13.2. The third-order valence-corrected chi connectivity index (χ3v) is 4.33. The lowest BCUT2D eigenvalue weighted by molar-refractivity contribution is 0.307. The molecule has 1 aromatic heterocycles. The van der Waals surface area contributed by atoms with E-state index < -0.39 is 0 Å². The molecule has 1 aromatic carbocycles. The molecule has 1 heterocycles. The van der Waals surface area contributed by atoms with E-state index in [4.69, 9.17) is 27.9 Å². The maximum atomic E-state index is 6.09. The van der Waals surface area contributed by atoms with E-state index in [0.29, 0.717) is 17.0 Å². The Morgan fingerprint density at radius 2 is 2.00 bits per heavy atom. The van der Waals surface area contributed by atoms with Gasteiger partial charge in [0, 0.05) is 20.8 Å². The molecule has 0 spiro atoms. The first-order chi connectivity index (χ1) is 8.20. The Hall–Kier alpha value is -0.220. The normalized spacial score (nSPS) is 10.5. The monoisotopic (exact) mass is 350 g/mol. The van der Waals surface area contributed by atoms with Crippen LogP contribution in [0.1, 0.15) is 10.4 Å². The van der Waals surface area contributed by atoms with Crippen molar-refractivity contribution in [3.05, 3.63) is 50.1 Å². The summed E-state index contributed by atoms with van der Waals surface area (Å²) in [5.74, 6) is 0.805. The molecule has 0 saturated heterocycles. The van der Waals surface area contributed by atoms with Gasteiger partial charge < -0.3 is 4.74 Å². The molecule has 0 amide bonds. The molecule has 0 aliphatic heterocycles. The summed E-state index contributed by atoms with van der Waals surface area (Å²) in [6.07, 6.45) is 0. The van der Waals surface area contributed by atoms with Crippen LogP contribution < -0.4 is 4.74 Å². The number of halogens is 3. The van der Waals surface area contributed by atoms with E-state index in [0.717, 1.165) is 20.5 Å². The number of hydrogen-bond acceptors (Lipinski definition) is 2. The Bertz CT molecular complexity index is 513. The van der Waals surface area contributed by atoms with E-state index in [1.54, 1.807) is 0 Å². The van der Waals surface area contributed by atoms with Gasteiger partial charge in [-0.1, -0.05) is 45.2 Å². The summed E-state index contributed by atoms with van der Waals surface area (Å²) in [7, 11) is 0. The molecule has 17 heavy (non-hydrogen) atoms. The van der Waals surface area contributed by atoms with Crippen LogP contribution in [0.2, 0.25) is 9.36 Å². The molecule has 0 N–H and O–H groups in total. The molecule has 0 radical (unpaired) electrons. The lowest BCUT2D eigenvalue weighted by atomic mass is 10.2. The molecule has 0 unspecified atom stereocenters. The van der Waals surface area contributed by atoms with E-state index in [2.05, 4.69) is 15.9 Å². The fourth-order valence-electron chi connectivity index (χ4n) is 1.38. The zero-order valence-corrected chi connectivity index (χ0v) is 12.7. The van der Waals surface area contributed by atoms with Crippen LogP contribution in [0, 0.1) is 0 Å². The van der Waals surface area contributed by atoms with Crippen LogP contribution in [0.15, 0.2) is 30.3 Å². The minimum Gasteiger partial charge on any atom is -0.488 e. The van der Waals surface area contributed by atoms with E-state index in [-0.39, 0.29) is 0 Å². The van der Waals surface area contributed by atoms with Crippen molar-refractivity contribution in [2.45, 2.75) is 11.9 Å². The van der Waals surface area contributed by atoms with Crippen molar-refractivity contribution in [3.8, 4) is 5.75 Å². The van der Waals surface area contributed by atoms with Gasteiger partial charge in [0.05, 0.1) is 4.34 Å². The second kappa shape index (κ2) is 6.10. The third kappa shape index (κ3) is 3.38. The number of thiophene rings is 1. The number of alkyl halides is 1. The van der Waals surface area contributed by atoms with Gasteiger partial charge in [0.15, 0.2) is 0 Å². The first-order valence-electron chi connectivity index (χ1n) is 4.91. The Morgan fingerprint density at radius 3 is 2.65 bits per heavy atom. The highest BCUT2D eigenvalue weighted by atomic mass is 79.9. The summed E-state index contributed by atoms with van der Waals surface area (Å²) in [4.78, 5) is 1.09. The van der Waals surface area contributed by atoms with Crippen LogP contribution in [0.5, 0.6) is 5.75 Å². The molecule has 90 valence electrons. The molecular weight excluding hydrogens is 343 g/mol. The number of rotatable bonds is 4. The van der Waals surface area contributed by atoms with Crippen molar-refractivity contribution in [2.24, 2.45) is 0 Å². The fourth-order valence-corrected chi connectivity index (χ4v) is 3.36. The number of hydrogen-bond donors (Lipinski definition) is 0. The largest absolute Gasteiger partial charge is 0.488 e. The maximum Gasteiger partial charge on any atom is 0.125 e. The molecule has 0 fully saturated rings. The number of benzene rings is 1. The summed E-state index contributed by atoms with van der Waals surface area (Å²) < 4.78 is 6.52. The minimum atomic E-state index is 0.512. The predicted octanol–water partition coefficient (Wildman–Crippen LogP) is 5.53. The quantitative estimate of drug-likeness (QED) is 0.658. The van der Waals surface area contributed by atoms with Gasteiger partial charge in [-0.25, -0.2) is 0 Å². The van der Waals surface area contributed by atoms with Crippen molar-refractivity contribution in [3.63, 3.8) is 0 Å². The third-order valence-electron chi connectivity index (χ3n) is 2.21. The van der Waals surface area contributed by atoms with Gasteiger partial charge in [-0.2, -0.15) is 0 Å². The minimum absolute atomic E-state index is 0.512. The second-order valence-corrected chi connectivity index (χ2v) is 6.11. The van der Waals surface area contributed by atoms with E-state index >= 15 is 0 Å². The zero-order chi connectivity index (χ0) is 12.3. The smallest absolute Gasteiger partial charge is 0.125 e. The van der Waals surface area contributed by atoms with Crippen LogP contribution in [-0.2, 0) is 11.9 Å². The SMILES string of the molecule is Clc1ccc(COc2cccc(Cl)c2CBr)s1. The molecule has 0 saturated carbocycles. The first-order valence-corrected chi connectivity index (χ1v) is 7.60. The molecular formula is C12H9BrCl2OS. The Labute approximate surface area is 122 Å². The lowest BCUT2D eigenvalue weighted by Gasteiger charge is -2.10. The van der Waals surface area contributed by atoms with Gasteiger partial charge in [-0.3, -0.25) is 0 Å². The Morgan fingerprint density at radius 1 is 1.18 bits per heavy atom. The Kier molecular flexibility index (Phi) is 4.74. The molecule has 0 aliphatic carbocycles. The Balaban J connectivity index is 2.11. The maximum absolute atomic E-state index is 6.09. The van der Waals surface area contributed by atoms with Crippen LogP contribution >= 0.6 is 50.5 Å². The van der Waals surface area contributed by atoms with Crippen molar-refractivity contribution in [1.82, 2.24) is 0 Å². The van der Waals surface area contributed by atoms with Crippen molar-refractivity contribution in [2.75, 3.05) is 0 Å². The highest BCUT2D eigenvalue weighted by molar-refractivity contribution is 9.08. The summed E-state index contributed by atoms with van der Waals surface area (Å²) >= 11 is 16.9. The molecule has 0 atom stereocenters. The van der Waals surface area contributed by atoms with E-state index in [1.165, 1.54) is 11.3 Å². The van der Waals surface area contributed by atoms with Gasteiger partial charge in [0.1, 0.15) is 12.4 Å². The van der Waals surface area contributed by atoms with Crippen molar-refractivity contribution < 1.29 is 4.74 Å². The molecule has 2 aromatic rings. The predicted molar refractivity (Wildman–Crippen MR) is 77.7 cm³/mol. The van der Waals surface area contributed by atoms with Gasteiger partial charge in [0.2, 0.25) is 0 Å². The van der Waals surface area contributed by atoms with E-state index in [9.17, 15) is 0 Å². The van der Waals surface area contributed by atoms with Crippen molar-refractivity contribution in [1.29, 1.82) is 0 Å². The zero-order valence-electron chi connectivity index (χ0n) is 8.75. The van der Waals surface area contributed by atoms with Gasteiger partial charge >= 0.3 is 0 Å². The molecule has 2 rings (SSSR count). The van der Waals surface area contributed by atoms with Gasteiger partial charge in [-0.05, 0) is 24.3 Å². The summed E-state index contributed by atoms with van der Waals surface area (Å²) in [6.45, 7) is 0.512. The molecule has 0 aliphatic rings. The summed E-state index contributed by atoms with van der Waals surface area (Å²) in [6, 6.07) is 9.48. The van der Waals surface area contributed by atoms with Crippen LogP contribution in [-0.4, -0.2) is 0 Å². The lowest BCUT2D eigenvalue weighted by Crippen LogP contribution is -1.96. The average Bonchev–Trinajstić information content (AvgIpc) is 2.72. The van der Waals surface area contributed by atoms with Crippen LogP contribution in [0.4, 0.5) is 0 Å². The average molecular weight is 352 g/mol. The van der Waals surface area contributed by atoms with Crippen LogP contribution in [0.25, 0.3) is 0 Å². The van der Waals surface area contributed by atoms with Crippen LogP contribution in [0.3, 0.4) is 0 Å². The fraction of sp³-hybridized carbons (Fsp3) is 0.167. The molecule has 1 nitrogen and oxygen atoms in total. The summed E-state index contributed by atoms with van der Waals surface area (Å²) in [5.41, 5.74) is 0.969. The van der Waals surface area contributed by atoms with Crippen molar-refractivity contribution >= 4 is 50.5 Å². The number of ether oxygens (including phenoxy) is 1. The topological polar surface area (TPSA) is 9.23 Å². The highest BCUT2D eigenvalue weighted by Gasteiger charge is 2.07. The summed E-state index contributed by atoms with van der Waals surface area (Å²) in [5, 5.41) is 1.39. The van der Waals surface area contributed by atoms with E-state index in [1.807, 2.05) is 30.3 Å². The molecule has 0 bridgehead atoms. The molecule has 5 heteroatoms. The van der Waals surface area contributed by atoms with Gasteiger partial charge in [-0.15, -0.1) is 11.3 Å². The highest BCUT2D eigenvalue weighted by Crippen LogP contribution is 2.30. The second-order valence-electron chi connectivity index (χ2n) is 3.34. The van der Waals surface area contributed by atoms with Gasteiger partial charge in [0.25, 0.3) is 0 Å². The standard InChI is InChI=1S/C12H9BrCl2OS/c13-6-9-10(14)2-1-3-11(9)16-7-8-4-5-12(15)17-8/h1-5H,6-7H2.